The van der Waals surface area contributed by atoms with Crippen LogP contribution in [-0.2, 0) is 11.3 Å². The molecule has 1 aromatic heterocycles. The molecule has 0 radical (unpaired) electrons. The lowest BCUT2D eigenvalue weighted by atomic mass is 10.2. The average molecular weight is 393 g/mol. The zero-order valence-electron chi connectivity index (χ0n) is 16.5. The summed E-state index contributed by atoms with van der Waals surface area (Å²) in [6.45, 7) is 2.03. The highest BCUT2D eigenvalue weighted by atomic mass is 16.5. The Morgan fingerprint density at radius 3 is 2.55 bits per heavy atom. The summed E-state index contributed by atoms with van der Waals surface area (Å²) in [5, 5.41) is 9.16. The van der Waals surface area contributed by atoms with Gasteiger partial charge < -0.3 is 25.4 Å². The normalized spacial score (nSPS) is 10.2. The third-order valence-corrected chi connectivity index (χ3v) is 4.02. The van der Waals surface area contributed by atoms with Crippen molar-refractivity contribution in [1.82, 2.24) is 9.97 Å². The molecular formula is C21H23N5O3. The maximum Gasteiger partial charge on any atom is 0.229 e. The first-order chi connectivity index (χ1) is 14.1. The Morgan fingerprint density at radius 2 is 1.79 bits per heavy atom. The third kappa shape index (κ3) is 5.58. The monoisotopic (exact) mass is 393 g/mol. The lowest BCUT2D eigenvalue weighted by Gasteiger charge is -2.11. The first-order valence-corrected chi connectivity index (χ1v) is 9.00. The molecule has 29 heavy (non-hydrogen) atoms. The number of rotatable bonds is 8. The summed E-state index contributed by atoms with van der Waals surface area (Å²) in [7, 11) is 3.22. The summed E-state index contributed by atoms with van der Waals surface area (Å²) in [6.07, 6.45) is 1.67. The Bertz CT molecular complexity index is 994. The van der Waals surface area contributed by atoms with Gasteiger partial charge in [-0.2, -0.15) is 4.98 Å². The van der Waals surface area contributed by atoms with Crippen molar-refractivity contribution in [1.29, 1.82) is 0 Å². The van der Waals surface area contributed by atoms with Crippen LogP contribution in [0.15, 0.2) is 54.7 Å². The van der Waals surface area contributed by atoms with Crippen LogP contribution in [0.5, 0.6) is 11.5 Å². The van der Waals surface area contributed by atoms with Crippen LogP contribution in [-0.4, -0.2) is 30.1 Å². The standard InChI is InChI=1S/C21H23N5O3/c1-14(27)24-16-5-4-6-17(12-16)25-21-22-10-9-20(26-21)23-13-15-7-8-18(28-2)19(11-15)29-3/h4-12H,13H2,1-3H3,(H,24,27)(H2,22,23,25,26). The van der Waals surface area contributed by atoms with E-state index in [4.69, 9.17) is 9.47 Å². The van der Waals surface area contributed by atoms with Gasteiger partial charge in [-0.25, -0.2) is 4.98 Å². The van der Waals surface area contributed by atoms with E-state index in [1.165, 1.54) is 6.92 Å². The Kier molecular flexibility index (Phi) is 6.47. The Labute approximate surface area is 169 Å². The molecule has 3 rings (SSSR count). The van der Waals surface area contributed by atoms with Crippen molar-refractivity contribution >= 4 is 29.0 Å². The van der Waals surface area contributed by atoms with E-state index in [1.807, 2.05) is 42.5 Å². The molecule has 150 valence electrons. The van der Waals surface area contributed by atoms with E-state index in [0.29, 0.717) is 35.5 Å². The second-order valence-electron chi connectivity index (χ2n) is 6.20. The molecule has 0 aliphatic rings. The number of methoxy groups -OCH3 is 2. The molecule has 0 atom stereocenters. The fourth-order valence-electron chi connectivity index (χ4n) is 2.71. The van der Waals surface area contributed by atoms with Gasteiger partial charge in [0.25, 0.3) is 0 Å². The molecule has 0 bridgehead atoms. The van der Waals surface area contributed by atoms with Crippen molar-refractivity contribution in [3.8, 4) is 11.5 Å². The van der Waals surface area contributed by atoms with Crippen molar-refractivity contribution in [3.05, 3.63) is 60.3 Å². The highest BCUT2D eigenvalue weighted by Gasteiger charge is 2.06. The van der Waals surface area contributed by atoms with Crippen molar-refractivity contribution < 1.29 is 14.3 Å². The first-order valence-electron chi connectivity index (χ1n) is 9.00. The summed E-state index contributed by atoms with van der Waals surface area (Å²) < 4.78 is 10.6. The van der Waals surface area contributed by atoms with Crippen molar-refractivity contribution in [2.75, 3.05) is 30.2 Å². The number of benzene rings is 2. The van der Waals surface area contributed by atoms with Gasteiger partial charge in [0.1, 0.15) is 5.82 Å². The van der Waals surface area contributed by atoms with Crippen LogP contribution in [0.2, 0.25) is 0 Å². The number of aromatic nitrogens is 2. The second kappa shape index (κ2) is 9.41. The van der Waals surface area contributed by atoms with E-state index < -0.39 is 0 Å². The molecule has 0 aliphatic carbocycles. The molecule has 0 saturated heterocycles. The molecule has 1 heterocycles. The molecule has 0 saturated carbocycles. The molecule has 3 aromatic rings. The molecule has 0 spiro atoms. The minimum atomic E-state index is -0.125. The summed E-state index contributed by atoms with van der Waals surface area (Å²) in [4.78, 5) is 19.9. The molecule has 0 unspecified atom stereocenters. The van der Waals surface area contributed by atoms with Crippen molar-refractivity contribution in [2.45, 2.75) is 13.5 Å². The fraction of sp³-hybridized carbons (Fsp3) is 0.190. The highest BCUT2D eigenvalue weighted by Crippen LogP contribution is 2.27. The summed E-state index contributed by atoms with van der Waals surface area (Å²) in [5.41, 5.74) is 2.50. The molecule has 0 aliphatic heterocycles. The molecule has 8 nitrogen and oxygen atoms in total. The average Bonchev–Trinajstić information content (AvgIpc) is 2.72. The molecule has 0 fully saturated rings. The van der Waals surface area contributed by atoms with Crippen LogP contribution in [0.1, 0.15) is 12.5 Å². The SMILES string of the molecule is COc1ccc(CNc2ccnc(Nc3cccc(NC(C)=O)c3)n2)cc1OC. The van der Waals surface area contributed by atoms with Gasteiger partial charge in [0.15, 0.2) is 11.5 Å². The van der Waals surface area contributed by atoms with Crippen LogP contribution in [0.25, 0.3) is 0 Å². The smallest absolute Gasteiger partial charge is 0.229 e. The maximum absolute atomic E-state index is 11.2. The number of ether oxygens (including phenoxy) is 2. The predicted octanol–water partition coefficient (Wildman–Crippen LogP) is 3.81. The van der Waals surface area contributed by atoms with Gasteiger partial charge in [-0.05, 0) is 42.0 Å². The topological polar surface area (TPSA) is 97.4 Å². The number of carbonyl (C=O) groups excluding carboxylic acids is 1. The first kappa shape index (κ1) is 19.9. The van der Waals surface area contributed by atoms with Gasteiger partial charge in [0, 0.05) is 31.0 Å². The second-order valence-corrected chi connectivity index (χ2v) is 6.20. The summed E-state index contributed by atoms with van der Waals surface area (Å²) in [6, 6.07) is 14.9. The Hall–Kier alpha value is -3.81. The number of carbonyl (C=O) groups is 1. The van der Waals surface area contributed by atoms with E-state index in [0.717, 1.165) is 11.3 Å². The van der Waals surface area contributed by atoms with Gasteiger partial charge in [-0.3, -0.25) is 4.79 Å². The van der Waals surface area contributed by atoms with Crippen LogP contribution in [0.3, 0.4) is 0 Å². The third-order valence-electron chi connectivity index (χ3n) is 4.02. The molecule has 3 N–H and O–H groups in total. The van der Waals surface area contributed by atoms with E-state index in [2.05, 4.69) is 25.9 Å². The van der Waals surface area contributed by atoms with Crippen LogP contribution in [0, 0.1) is 0 Å². The van der Waals surface area contributed by atoms with Crippen molar-refractivity contribution in [2.24, 2.45) is 0 Å². The van der Waals surface area contributed by atoms with Crippen LogP contribution >= 0.6 is 0 Å². The van der Waals surface area contributed by atoms with Gasteiger partial charge >= 0.3 is 0 Å². The van der Waals surface area contributed by atoms with Crippen molar-refractivity contribution in [3.63, 3.8) is 0 Å². The zero-order chi connectivity index (χ0) is 20.6. The summed E-state index contributed by atoms with van der Waals surface area (Å²) >= 11 is 0. The summed E-state index contributed by atoms with van der Waals surface area (Å²) in [5.74, 6) is 2.36. The molecule has 2 aromatic carbocycles. The predicted molar refractivity (Wildman–Crippen MR) is 113 cm³/mol. The lowest BCUT2D eigenvalue weighted by molar-refractivity contribution is -0.114. The Balaban J connectivity index is 1.66. The van der Waals surface area contributed by atoms with Gasteiger partial charge in [-0.15, -0.1) is 0 Å². The van der Waals surface area contributed by atoms with E-state index in [9.17, 15) is 4.79 Å². The van der Waals surface area contributed by atoms with Crippen LogP contribution < -0.4 is 25.4 Å². The maximum atomic E-state index is 11.2. The zero-order valence-corrected chi connectivity index (χ0v) is 16.5. The Morgan fingerprint density at radius 1 is 1.00 bits per heavy atom. The number of nitrogens with one attached hydrogen (secondary N) is 3. The van der Waals surface area contributed by atoms with Gasteiger partial charge in [0.05, 0.1) is 14.2 Å². The minimum Gasteiger partial charge on any atom is -0.493 e. The molecular weight excluding hydrogens is 370 g/mol. The largest absolute Gasteiger partial charge is 0.493 e. The fourth-order valence-corrected chi connectivity index (χ4v) is 2.71. The highest BCUT2D eigenvalue weighted by molar-refractivity contribution is 5.89. The van der Waals surface area contributed by atoms with Gasteiger partial charge in [0.2, 0.25) is 11.9 Å². The number of amides is 1. The molecule has 8 heteroatoms. The van der Waals surface area contributed by atoms with Gasteiger partial charge in [-0.1, -0.05) is 12.1 Å². The number of hydrogen-bond acceptors (Lipinski definition) is 7. The van der Waals surface area contributed by atoms with Crippen LogP contribution in [0.4, 0.5) is 23.1 Å². The minimum absolute atomic E-state index is 0.125. The van der Waals surface area contributed by atoms with E-state index in [-0.39, 0.29) is 5.91 Å². The lowest BCUT2D eigenvalue weighted by Crippen LogP contribution is -2.06. The number of hydrogen-bond donors (Lipinski definition) is 3. The number of anilines is 4. The molecule has 1 amide bonds. The van der Waals surface area contributed by atoms with E-state index >= 15 is 0 Å². The quantitative estimate of drug-likeness (QED) is 0.535. The van der Waals surface area contributed by atoms with E-state index in [1.54, 1.807) is 26.5 Å². The number of nitrogens with zero attached hydrogens (tertiary/aromatic N) is 2.